The minimum atomic E-state index is 0.231. The number of fused-ring (bicyclic) bond motifs is 1. The van der Waals surface area contributed by atoms with E-state index in [0.29, 0.717) is 23.1 Å². The van der Waals surface area contributed by atoms with Gasteiger partial charge in [-0.2, -0.15) is 5.10 Å². The lowest BCUT2D eigenvalue weighted by molar-refractivity contribution is 0.174. The van der Waals surface area contributed by atoms with Crippen LogP contribution in [-0.4, -0.2) is 16.6 Å². The quantitative estimate of drug-likeness (QED) is 0.926. The topological polar surface area (TPSA) is 48.3 Å². The van der Waals surface area contributed by atoms with Crippen LogP contribution in [0.4, 0.5) is 5.69 Å². The molecule has 0 amide bonds. The van der Waals surface area contributed by atoms with E-state index in [1.165, 1.54) is 0 Å². The number of nitrogens with one attached hydrogen (secondary N) is 1. The third-order valence-electron chi connectivity index (χ3n) is 2.69. The van der Waals surface area contributed by atoms with Gasteiger partial charge < -0.3 is 14.8 Å². The zero-order chi connectivity index (χ0) is 12.5. The summed E-state index contributed by atoms with van der Waals surface area (Å²) in [5.74, 6) is 1.33. The van der Waals surface area contributed by atoms with Crippen LogP contribution in [0.1, 0.15) is 5.56 Å². The van der Waals surface area contributed by atoms with E-state index < -0.39 is 0 Å². The lowest BCUT2D eigenvalue weighted by Crippen LogP contribution is -1.98. The summed E-state index contributed by atoms with van der Waals surface area (Å²) in [4.78, 5) is 0. The molecule has 0 saturated carbocycles. The molecule has 6 heteroatoms. The molecule has 94 valence electrons. The van der Waals surface area contributed by atoms with Crippen LogP contribution >= 0.6 is 11.6 Å². The van der Waals surface area contributed by atoms with E-state index in [0.717, 1.165) is 11.3 Å². The van der Waals surface area contributed by atoms with E-state index in [2.05, 4.69) is 10.4 Å². The number of hydrogen-bond donors (Lipinski definition) is 1. The zero-order valence-corrected chi connectivity index (χ0v) is 10.6. The Labute approximate surface area is 109 Å². The van der Waals surface area contributed by atoms with Gasteiger partial charge in [0.15, 0.2) is 11.5 Å². The molecule has 1 aromatic heterocycles. The van der Waals surface area contributed by atoms with Gasteiger partial charge >= 0.3 is 0 Å². The van der Waals surface area contributed by atoms with E-state index in [1.54, 1.807) is 10.9 Å². The molecule has 0 radical (unpaired) electrons. The van der Waals surface area contributed by atoms with Crippen LogP contribution in [0.3, 0.4) is 0 Å². The van der Waals surface area contributed by atoms with Gasteiger partial charge in [0.1, 0.15) is 0 Å². The highest BCUT2D eigenvalue weighted by Crippen LogP contribution is 2.39. The molecule has 1 aliphatic rings. The number of aryl methyl sites for hydroxylation is 1. The van der Waals surface area contributed by atoms with Gasteiger partial charge in [0.2, 0.25) is 6.79 Å². The number of anilines is 1. The van der Waals surface area contributed by atoms with Crippen molar-refractivity contribution in [2.75, 3.05) is 12.1 Å². The van der Waals surface area contributed by atoms with Crippen LogP contribution in [0.2, 0.25) is 5.02 Å². The molecule has 0 aliphatic carbocycles. The maximum atomic E-state index is 6.11. The van der Waals surface area contributed by atoms with E-state index in [-0.39, 0.29) is 6.79 Å². The first-order valence-electron chi connectivity index (χ1n) is 5.53. The molecular formula is C12H12ClN3O2. The van der Waals surface area contributed by atoms with Crippen molar-refractivity contribution in [2.24, 2.45) is 7.05 Å². The SMILES string of the molecule is Cn1cc(NCc2cc(Cl)c3c(c2)OCO3)cn1. The summed E-state index contributed by atoms with van der Waals surface area (Å²) < 4.78 is 12.3. The summed E-state index contributed by atoms with van der Waals surface area (Å²) in [5.41, 5.74) is 2.00. The van der Waals surface area contributed by atoms with Gasteiger partial charge in [-0.1, -0.05) is 11.6 Å². The van der Waals surface area contributed by atoms with E-state index in [9.17, 15) is 0 Å². The molecule has 0 bridgehead atoms. The molecule has 0 fully saturated rings. The van der Waals surface area contributed by atoms with Gasteiger partial charge in [0, 0.05) is 19.8 Å². The Morgan fingerprint density at radius 2 is 2.33 bits per heavy atom. The Hall–Kier alpha value is -1.88. The molecule has 1 aromatic carbocycles. The standard InChI is InChI=1S/C12H12ClN3O2/c1-16-6-9(5-15-16)14-4-8-2-10(13)12-11(3-8)17-7-18-12/h2-3,5-6,14H,4,7H2,1H3. The van der Waals surface area contributed by atoms with Crippen LogP contribution in [0.5, 0.6) is 11.5 Å². The predicted octanol–water partition coefficient (Wildman–Crippen LogP) is 2.41. The fourth-order valence-electron chi connectivity index (χ4n) is 1.84. The highest BCUT2D eigenvalue weighted by Gasteiger charge is 2.18. The lowest BCUT2D eigenvalue weighted by atomic mass is 10.2. The second kappa shape index (κ2) is 4.42. The first-order valence-corrected chi connectivity index (χ1v) is 5.91. The average Bonchev–Trinajstić information content (AvgIpc) is 2.95. The van der Waals surface area contributed by atoms with Crippen LogP contribution in [0.25, 0.3) is 0 Å². The lowest BCUT2D eigenvalue weighted by Gasteiger charge is -2.06. The van der Waals surface area contributed by atoms with Crippen LogP contribution in [-0.2, 0) is 13.6 Å². The molecular weight excluding hydrogens is 254 g/mol. The first kappa shape index (κ1) is 11.2. The summed E-state index contributed by atoms with van der Waals surface area (Å²) in [7, 11) is 1.88. The first-order chi connectivity index (χ1) is 8.72. The van der Waals surface area contributed by atoms with Gasteiger partial charge in [0.05, 0.1) is 16.9 Å². The Balaban J connectivity index is 1.75. The van der Waals surface area contributed by atoms with E-state index in [1.807, 2.05) is 25.4 Å². The zero-order valence-electron chi connectivity index (χ0n) is 9.81. The number of aromatic nitrogens is 2. The molecule has 18 heavy (non-hydrogen) atoms. The molecule has 3 rings (SSSR count). The molecule has 1 aliphatic heterocycles. The van der Waals surface area contributed by atoms with Gasteiger partial charge in [-0.3, -0.25) is 4.68 Å². The average molecular weight is 266 g/mol. The fourth-order valence-corrected chi connectivity index (χ4v) is 2.13. The molecule has 0 unspecified atom stereocenters. The Morgan fingerprint density at radius 3 is 3.11 bits per heavy atom. The highest BCUT2D eigenvalue weighted by molar-refractivity contribution is 6.32. The van der Waals surface area contributed by atoms with Crippen molar-refractivity contribution in [3.05, 3.63) is 35.1 Å². The second-order valence-electron chi connectivity index (χ2n) is 4.07. The van der Waals surface area contributed by atoms with Crippen LogP contribution in [0, 0.1) is 0 Å². The molecule has 1 N–H and O–H groups in total. The fraction of sp³-hybridized carbons (Fsp3) is 0.250. The van der Waals surface area contributed by atoms with E-state index >= 15 is 0 Å². The largest absolute Gasteiger partial charge is 0.454 e. The van der Waals surface area contributed by atoms with Crippen molar-refractivity contribution >= 4 is 17.3 Å². The number of ether oxygens (including phenoxy) is 2. The van der Waals surface area contributed by atoms with E-state index in [4.69, 9.17) is 21.1 Å². The van der Waals surface area contributed by atoms with Crippen molar-refractivity contribution < 1.29 is 9.47 Å². The summed E-state index contributed by atoms with van der Waals surface area (Å²) in [6, 6.07) is 3.80. The summed E-state index contributed by atoms with van der Waals surface area (Å²) >= 11 is 6.11. The number of benzene rings is 1. The van der Waals surface area contributed by atoms with Gasteiger partial charge in [-0.05, 0) is 17.7 Å². The molecule has 2 aromatic rings. The Kier molecular flexibility index (Phi) is 2.76. The van der Waals surface area contributed by atoms with Crippen LogP contribution < -0.4 is 14.8 Å². The van der Waals surface area contributed by atoms with Gasteiger partial charge in [-0.15, -0.1) is 0 Å². The maximum absolute atomic E-state index is 6.11. The molecule has 0 spiro atoms. The number of hydrogen-bond acceptors (Lipinski definition) is 4. The second-order valence-corrected chi connectivity index (χ2v) is 4.47. The van der Waals surface area contributed by atoms with Crippen molar-refractivity contribution in [1.82, 2.24) is 9.78 Å². The third kappa shape index (κ3) is 2.09. The maximum Gasteiger partial charge on any atom is 0.231 e. The molecule has 0 atom stereocenters. The van der Waals surface area contributed by atoms with Crippen molar-refractivity contribution in [2.45, 2.75) is 6.54 Å². The van der Waals surface area contributed by atoms with Crippen LogP contribution in [0.15, 0.2) is 24.5 Å². The molecule has 2 heterocycles. The normalized spacial score (nSPS) is 12.8. The summed E-state index contributed by atoms with van der Waals surface area (Å²) in [5, 5.41) is 7.93. The number of nitrogens with zero attached hydrogens (tertiary/aromatic N) is 2. The molecule has 0 saturated heterocycles. The smallest absolute Gasteiger partial charge is 0.231 e. The monoisotopic (exact) mass is 265 g/mol. The Morgan fingerprint density at radius 1 is 1.44 bits per heavy atom. The summed E-state index contributed by atoms with van der Waals surface area (Å²) in [6.07, 6.45) is 3.68. The minimum absolute atomic E-state index is 0.231. The highest BCUT2D eigenvalue weighted by atomic mass is 35.5. The van der Waals surface area contributed by atoms with Crippen molar-refractivity contribution in [1.29, 1.82) is 0 Å². The Bertz CT molecular complexity index is 583. The van der Waals surface area contributed by atoms with Gasteiger partial charge in [-0.25, -0.2) is 0 Å². The van der Waals surface area contributed by atoms with Gasteiger partial charge in [0.25, 0.3) is 0 Å². The minimum Gasteiger partial charge on any atom is -0.454 e. The van der Waals surface area contributed by atoms with Crippen molar-refractivity contribution in [3.63, 3.8) is 0 Å². The van der Waals surface area contributed by atoms with Crippen molar-refractivity contribution in [3.8, 4) is 11.5 Å². The summed E-state index contributed by atoms with van der Waals surface area (Å²) in [6.45, 7) is 0.886. The number of halogens is 1. The molecule has 5 nitrogen and oxygen atoms in total. The number of rotatable bonds is 3. The third-order valence-corrected chi connectivity index (χ3v) is 2.97. The predicted molar refractivity (Wildman–Crippen MR) is 68.1 cm³/mol.